The average Bonchev–Trinajstić information content (AvgIpc) is 3.33. The molecule has 0 radical (unpaired) electrons. The van der Waals surface area contributed by atoms with Crippen molar-refractivity contribution in [1.29, 1.82) is 0 Å². The zero-order valence-corrected chi connectivity index (χ0v) is 24.6. The molecule has 2 fully saturated rings. The smallest absolute Gasteiger partial charge is 0.326 e. The van der Waals surface area contributed by atoms with Gasteiger partial charge in [-0.2, -0.15) is 0 Å². The molecular formula is C23H25Cl2N7O7S2. The normalized spacial score (nSPS) is 22.3. The topological polar surface area (TPSA) is 197 Å². The molecule has 3 amide bonds. The van der Waals surface area contributed by atoms with E-state index in [4.69, 9.17) is 23.2 Å². The summed E-state index contributed by atoms with van der Waals surface area (Å²) in [5.41, 5.74) is -1.15. The van der Waals surface area contributed by atoms with E-state index in [1.165, 1.54) is 51.3 Å². The van der Waals surface area contributed by atoms with Gasteiger partial charge >= 0.3 is 11.9 Å². The van der Waals surface area contributed by atoms with E-state index in [1.54, 1.807) is 7.05 Å². The molecule has 4 atom stereocenters. The Morgan fingerprint density at radius 2 is 2.02 bits per heavy atom. The molecule has 4 rings (SSSR count). The minimum atomic E-state index is -1.28. The summed E-state index contributed by atoms with van der Waals surface area (Å²) in [7, 11) is 1.64. The minimum absolute atomic E-state index is 0.0128. The van der Waals surface area contributed by atoms with Crippen LogP contribution in [-0.4, -0.2) is 100 Å². The van der Waals surface area contributed by atoms with Gasteiger partial charge in [0.25, 0.3) is 5.91 Å². The van der Waals surface area contributed by atoms with Gasteiger partial charge < -0.3 is 25.7 Å². The molecule has 1 aromatic carbocycles. The van der Waals surface area contributed by atoms with Gasteiger partial charge in [-0.05, 0) is 41.5 Å². The molecule has 14 nitrogen and oxygen atoms in total. The van der Waals surface area contributed by atoms with E-state index in [1.807, 2.05) is 0 Å². The molecule has 0 spiro atoms. The van der Waals surface area contributed by atoms with Gasteiger partial charge in [-0.3, -0.25) is 19.2 Å². The van der Waals surface area contributed by atoms with Gasteiger partial charge in [-0.1, -0.05) is 35.0 Å². The van der Waals surface area contributed by atoms with E-state index >= 15 is 0 Å². The first kappa shape index (κ1) is 30.9. The molecule has 2 saturated heterocycles. The van der Waals surface area contributed by atoms with Gasteiger partial charge in [-0.15, -0.1) is 16.9 Å². The maximum absolute atomic E-state index is 12.8. The Morgan fingerprint density at radius 1 is 1.27 bits per heavy atom. The second-order valence-electron chi connectivity index (χ2n) is 9.55. The molecule has 220 valence electrons. The third kappa shape index (κ3) is 6.88. The van der Waals surface area contributed by atoms with Crippen molar-refractivity contribution in [3.8, 4) is 0 Å². The number of carbonyl (C=O) groups is 5. The van der Waals surface area contributed by atoms with Crippen molar-refractivity contribution in [3.05, 3.63) is 33.8 Å². The number of carbonyl (C=O) groups excluding carboxylic acids is 3. The summed E-state index contributed by atoms with van der Waals surface area (Å²) in [4.78, 5) is 63.2. The van der Waals surface area contributed by atoms with Crippen LogP contribution in [0.15, 0.2) is 23.4 Å². The summed E-state index contributed by atoms with van der Waals surface area (Å²) in [6, 6.07) is 2.12. The Hall–Kier alpha value is -3.08. The number of hydrogen-bond donors (Lipinski definition) is 4. The maximum Gasteiger partial charge on any atom is 0.326 e. The second-order valence-corrected chi connectivity index (χ2v) is 12.4. The summed E-state index contributed by atoms with van der Waals surface area (Å²) in [6.07, 6.45) is 0.00251. The Labute approximate surface area is 251 Å². The van der Waals surface area contributed by atoms with Crippen LogP contribution in [0, 0.1) is 5.41 Å². The number of fused-ring (bicyclic) bond motifs is 1. The summed E-state index contributed by atoms with van der Waals surface area (Å²) < 4.78 is 1.43. The highest BCUT2D eigenvalue weighted by Crippen LogP contribution is 2.44. The third-order valence-electron chi connectivity index (χ3n) is 6.65. The van der Waals surface area contributed by atoms with E-state index in [9.17, 15) is 34.2 Å². The number of halogens is 2. The first-order valence-electron chi connectivity index (χ1n) is 12.2. The first-order chi connectivity index (χ1) is 19.4. The van der Waals surface area contributed by atoms with Crippen LogP contribution < -0.4 is 10.6 Å². The number of amides is 3. The average molecular weight is 647 g/mol. The van der Waals surface area contributed by atoms with E-state index in [0.29, 0.717) is 10.2 Å². The summed E-state index contributed by atoms with van der Waals surface area (Å²) in [5.74, 6) is -3.47. The Morgan fingerprint density at radius 3 is 2.66 bits per heavy atom. The predicted molar refractivity (Wildman–Crippen MR) is 149 cm³/mol. The van der Waals surface area contributed by atoms with Crippen LogP contribution >= 0.6 is 46.7 Å². The van der Waals surface area contributed by atoms with Gasteiger partial charge in [0.05, 0.1) is 10.6 Å². The molecule has 4 N–H and O–H groups in total. The molecule has 0 saturated carbocycles. The number of tetrazole rings is 1. The van der Waals surface area contributed by atoms with Crippen LogP contribution in [-0.2, 0) is 26.2 Å². The van der Waals surface area contributed by atoms with Crippen molar-refractivity contribution in [3.63, 3.8) is 0 Å². The number of rotatable bonds is 12. The van der Waals surface area contributed by atoms with E-state index in [0.717, 1.165) is 0 Å². The monoisotopic (exact) mass is 645 g/mol. The Bertz CT molecular complexity index is 1380. The molecule has 2 aromatic rings. The van der Waals surface area contributed by atoms with Crippen LogP contribution in [0.25, 0.3) is 0 Å². The van der Waals surface area contributed by atoms with Crippen molar-refractivity contribution in [2.75, 3.05) is 18.1 Å². The van der Waals surface area contributed by atoms with E-state index in [2.05, 4.69) is 26.2 Å². The lowest BCUT2D eigenvalue weighted by molar-refractivity contribution is -0.157. The number of thioether (sulfide) groups is 2. The van der Waals surface area contributed by atoms with Gasteiger partial charge in [0, 0.05) is 36.5 Å². The maximum atomic E-state index is 12.8. The van der Waals surface area contributed by atoms with Crippen molar-refractivity contribution in [1.82, 2.24) is 35.7 Å². The van der Waals surface area contributed by atoms with Gasteiger partial charge in [0.15, 0.2) is 0 Å². The van der Waals surface area contributed by atoms with Crippen LogP contribution in [0.1, 0.15) is 29.6 Å². The fourth-order valence-corrected chi connectivity index (χ4v) is 7.54. The zero-order valence-electron chi connectivity index (χ0n) is 21.5. The number of β-lactam (4-membered cyclic amide) rings is 1. The largest absolute Gasteiger partial charge is 0.481 e. The quantitative estimate of drug-likeness (QED) is 0.190. The number of aryl methyl sites for hydroxylation is 1. The molecule has 1 aromatic heterocycles. The lowest BCUT2D eigenvalue weighted by atomic mass is 9.89. The summed E-state index contributed by atoms with van der Waals surface area (Å²) in [6.45, 7) is -0.0128. The fraction of sp³-hybridized carbons (Fsp3) is 0.478. The number of nitrogens with one attached hydrogen (secondary N) is 2. The number of hydrogen-bond acceptors (Lipinski definition) is 10. The molecule has 0 bridgehead atoms. The summed E-state index contributed by atoms with van der Waals surface area (Å²) in [5, 5.41) is 36.1. The molecule has 3 heterocycles. The Balaban J connectivity index is 1.26. The van der Waals surface area contributed by atoms with Crippen LogP contribution in [0.5, 0.6) is 0 Å². The summed E-state index contributed by atoms with van der Waals surface area (Å²) >= 11 is 14.3. The van der Waals surface area contributed by atoms with Crippen molar-refractivity contribution >= 4 is 76.4 Å². The van der Waals surface area contributed by atoms with Crippen molar-refractivity contribution in [2.24, 2.45) is 12.5 Å². The molecule has 41 heavy (non-hydrogen) atoms. The number of aliphatic carboxylic acids is 2. The van der Waals surface area contributed by atoms with E-state index < -0.39 is 46.6 Å². The fourth-order valence-electron chi connectivity index (χ4n) is 4.33. The molecule has 18 heteroatoms. The highest BCUT2D eigenvalue weighted by Gasteiger charge is 2.57. The number of nitrogens with zero attached hydrogens (tertiary/aromatic N) is 5. The van der Waals surface area contributed by atoms with Crippen molar-refractivity contribution < 1.29 is 34.2 Å². The number of carboxylic acid groups (broad SMARTS) is 2. The van der Waals surface area contributed by atoms with E-state index in [-0.39, 0.29) is 53.8 Å². The van der Waals surface area contributed by atoms with Gasteiger partial charge in [0.1, 0.15) is 22.9 Å². The lowest BCUT2D eigenvalue weighted by Gasteiger charge is -2.53. The number of benzene rings is 1. The molecule has 3 unspecified atom stereocenters. The minimum Gasteiger partial charge on any atom is -0.481 e. The second kappa shape index (κ2) is 12.8. The zero-order chi connectivity index (χ0) is 29.9. The molecular weight excluding hydrogens is 621 g/mol. The van der Waals surface area contributed by atoms with Crippen LogP contribution in [0.3, 0.4) is 0 Å². The molecule has 0 aliphatic carbocycles. The number of aromatic nitrogens is 4. The third-order valence-corrected chi connectivity index (χ3v) is 10.1. The number of carboxylic acids is 2. The highest BCUT2D eigenvalue weighted by atomic mass is 35.5. The Kier molecular flexibility index (Phi) is 9.66. The highest BCUT2D eigenvalue weighted by molar-refractivity contribution is 8.00. The van der Waals surface area contributed by atoms with Crippen LogP contribution in [0.4, 0.5) is 0 Å². The van der Waals surface area contributed by atoms with Crippen LogP contribution in [0.2, 0.25) is 10.0 Å². The standard InChI is InChI=1S/C23H25Cl2N7O7S2/c1-31-22(28-29-30-31)41-10-23(21(38)39)8-32-18(35)16(19(32)40-9-23)27-15(33)4-2-3-14(20(36)37)26-17(34)12-6-5-11(24)7-13(12)25/h5-7,14,16,19H,2-4,8-10H2,1H3,(H,26,34)(H,27,33)(H,36,37)(H,38,39)/t14?,16?,19-,23?/m1/s1. The first-order valence-corrected chi connectivity index (χ1v) is 15.0. The molecule has 2 aliphatic heterocycles. The molecule has 2 aliphatic rings. The van der Waals surface area contributed by atoms with Crippen molar-refractivity contribution in [2.45, 2.75) is 41.9 Å². The van der Waals surface area contributed by atoms with Gasteiger partial charge in [-0.25, -0.2) is 9.48 Å². The SMILES string of the molecule is Cn1nnnc1SCC1(C(=O)O)CS[C@@H]2C(NC(=O)CCCC(NC(=O)c3ccc(Cl)cc3Cl)C(=O)O)C(=O)N2C1. The lowest BCUT2D eigenvalue weighted by Crippen LogP contribution is -2.74. The predicted octanol–water partition coefficient (Wildman–Crippen LogP) is 1.13. The van der Waals surface area contributed by atoms with Gasteiger partial charge in [0.2, 0.25) is 17.0 Å².